The summed E-state index contributed by atoms with van der Waals surface area (Å²) < 4.78 is 32.5. The maximum Gasteiger partial charge on any atom is 0.268 e. The molecule has 33 heavy (non-hydrogen) atoms. The van der Waals surface area contributed by atoms with Gasteiger partial charge in [0.25, 0.3) is 21.8 Å². The Kier molecular flexibility index (Phi) is 6.56. The molecule has 0 radical (unpaired) electrons. The Labute approximate surface area is 194 Å². The van der Waals surface area contributed by atoms with E-state index in [2.05, 4.69) is 5.32 Å². The van der Waals surface area contributed by atoms with E-state index < -0.39 is 15.9 Å². The molecule has 0 unspecified atom stereocenters. The molecule has 7 nitrogen and oxygen atoms in total. The van der Waals surface area contributed by atoms with E-state index in [4.69, 9.17) is 4.74 Å². The largest absolute Gasteiger partial charge is 0.497 e. The molecule has 1 aliphatic heterocycles. The lowest BCUT2D eigenvalue weighted by Crippen LogP contribution is -2.36. The fourth-order valence-electron chi connectivity index (χ4n) is 4.40. The minimum absolute atomic E-state index is 0.0126. The molecule has 0 aromatic heterocycles. The molecule has 2 aliphatic rings. The third-order valence-corrected chi connectivity index (χ3v) is 8.20. The van der Waals surface area contributed by atoms with Crippen LogP contribution in [0.3, 0.4) is 0 Å². The number of rotatable bonds is 6. The number of benzene rings is 2. The van der Waals surface area contributed by atoms with Crippen molar-refractivity contribution >= 4 is 26.7 Å². The van der Waals surface area contributed by atoms with E-state index in [1.807, 2.05) is 0 Å². The monoisotopic (exact) mass is 468 g/mol. The first-order valence-corrected chi connectivity index (χ1v) is 12.6. The molecule has 1 heterocycles. The van der Waals surface area contributed by atoms with Crippen molar-refractivity contribution in [2.75, 3.05) is 7.11 Å². The number of nitrogens with one attached hydrogen (secondary N) is 1. The van der Waals surface area contributed by atoms with E-state index >= 15 is 0 Å². The highest BCUT2D eigenvalue weighted by molar-refractivity contribution is 7.99. The van der Waals surface area contributed by atoms with Gasteiger partial charge in [0.2, 0.25) is 0 Å². The van der Waals surface area contributed by atoms with E-state index in [1.165, 1.54) is 20.5 Å². The number of ether oxygens (including phenoxy) is 1. The average Bonchev–Trinajstić information content (AvgIpc) is 2.99. The summed E-state index contributed by atoms with van der Waals surface area (Å²) in [6, 6.07) is 13.5. The summed E-state index contributed by atoms with van der Waals surface area (Å²) in [6.07, 6.45) is 5.49. The summed E-state index contributed by atoms with van der Waals surface area (Å²) in [4.78, 5) is 25.4. The molecule has 0 atom stereocenters. The van der Waals surface area contributed by atoms with E-state index in [0.29, 0.717) is 22.4 Å². The molecule has 1 aliphatic carbocycles. The van der Waals surface area contributed by atoms with Gasteiger partial charge >= 0.3 is 0 Å². The second-order valence-electron chi connectivity index (χ2n) is 8.50. The Morgan fingerprint density at radius 3 is 2.27 bits per heavy atom. The highest BCUT2D eigenvalue weighted by atomic mass is 32.2. The first kappa shape index (κ1) is 23.0. The van der Waals surface area contributed by atoms with Gasteiger partial charge in [0.1, 0.15) is 10.7 Å². The zero-order chi connectivity index (χ0) is 23.6. The van der Waals surface area contributed by atoms with E-state index in [0.717, 1.165) is 30.0 Å². The van der Waals surface area contributed by atoms with E-state index in [-0.39, 0.29) is 29.0 Å². The second-order valence-corrected chi connectivity index (χ2v) is 10.3. The van der Waals surface area contributed by atoms with Crippen molar-refractivity contribution in [1.29, 1.82) is 0 Å². The molecule has 0 bridgehead atoms. The highest BCUT2D eigenvalue weighted by Crippen LogP contribution is 2.37. The lowest BCUT2D eigenvalue weighted by Gasteiger charge is -2.22. The molecule has 1 fully saturated rings. The van der Waals surface area contributed by atoms with Crippen LogP contribution in [0.1, 0.15) is 60.5 Å². The lowest BCUT2D eigenvalue weighted by molar-refractivity contribution is -0.122. The van der Waals surface area contributed by atoms with Crippen molar-refractivity contribution in [3.05, 3.63) is 70.8 Å². The molecule has 1 N–H and O–H groups in total. The predicted octanol–water partition coefficient (Wildman–Crippen LogP) is 3.86. The van der Waals surface area contributed by atoms with Gasteiger partial charge in [-0.25, -0.2) is 12.7 Å². The summed E-state index contributed by atoms with van der Waals surface area (Å²) in [5, 5.41) is 3.07. The molecule has 174 valence electrons. The number of hydrogen-bond donors (Lipinski definition) is 1. The van der Waals surface area contributed by atoms with Crippen LogP contribution in [0.15, 0.2) is 54.1 Å². The summed E-state index contributed by atoms with van der Waals surface area (Å²) in [7, 11) is -2.47. The van der Waals surface area contributed by atoms with Gasteiger partial charge in [-0.15, -0.1) is 0 Å². The van der Waals surface area contributed by atoms with Crippen molar-refractivity contribution in [2.45, 2.75) is 51.6 Å². The highest BCUT2D eigenvalue weighted by Gasteiger charge is 2.42. The molecule has 4 rings (SSSR count). The van der Waals surface area contributed by atoms with Gasteiger partial charge < -0.3 is 10.1 Å². The van der Waals surface area contributed by atoms with Crippen LogP contribution in [0.25, 0.3) is 4.91 Å². The molecule has 8 heteroatoms. The first-order valence-electron chi connectivity index (χ1n) is 11.1. The Hall–Kier alpha value is -3.13. The number of carbonyl (C=O) groups excluding carboxylic acids is 2. The topological polar surface area (TPSA) is 92.8 Å². The van der Waals surface area contributed by atoms with Crippen molar-refractivity contribution in [3.8, 4) is 5.75 Å². The van der Waals surface area contributed by atoms with Gasteiger partial charge in [0.15, 0.2) is 0 Å². The number of sulfonamides is 1. The van der Waals surface area contributed by atoms with Gasteiger partial charge in [0, 0.05) is 17.2 Å². The summed E-state index contributed by atoms with van der Waals surface area (Å²) in [5.41, 5.74) is 1.78. The number of methoxy groups -OCH3 is 1. The van der Waals surface area contributed by atoms with Crippen LogP contribution in [0.5, 0.6) is 5.75 Å². The Morgan fingerprint density at radius 2 is 1.67 bits per heavy atom. The normalized spacial score (nSPS) is 18.5. The lowest BCUT2D eigenvalue weighted by atomic mass is 9.95. The van der Waals surface area contributed by atoms with Crippen molar-refractivity contribution < 1.29 is 22.7 Å². The van der Waals surface area contributed by atoms with Crippen molar-refractivity contribution in [3.63, 3.8) is 0 Å². The molecule has 0 saturated heterocycles. The minimum atomic E-state index is -4.00. The fourth-order valence-corrected chi connectivity index (χ4v) is 6.21. The standard InChI is InChI=1S/C25H28N2O5S/c1-17-23(19-12-14-22(32-2)15-13-19)33(30,31)27(25(17)29)16-18-8-10-20(11-9-18)24(28)26-21-6-4-3-5-7-21/h8-15,21H,3-7,16H2,1-2H3,(H,26,28). The maximum absolute atomic E-state index is 13.2. The zero-order valence-corrected chi connectivity index (χ0v) is 19.7. The smallest absolute Gasteiger partial charge is 0.268 e. The summed E-state index contributed by atoms with van der Waals surface area (Å²) in [5.74, 6) is -0.0687. The first-order chi connectivity index (χ1) is 15.8. The van der Waals surface area contributed by atoms with E-state index in [9.17, 15) is 18.0 Å². The fraction of sp³-hybridized carbons (Fsp3) is 0.360. The minimum Gasteiger partial charge on any atom is -0.497 e. The van der Waals surface area contributed by atoms with Gasteiger partial charge in [-0.05, 0) is 67.3 Å². The number of hydrogen-bond acceptors (Lipinski definition) is 5. The number of amides is 2. The van der Waals surface area contributed by atoms with Crippen molar-refractivity contribution in [2.24, 2.45) is 0 Å². The molecule has 2 amide bonds. The van der Waals surface area contributed by atoms with Crippen LogP contribution >= 0.6 is 0 Å². The molecule has 2 aromatic rings. The van der Waals surface area contributed by atoms with Gasteiger partial charge in [-0.3, -0.25) is 9.59 Å². The predicted molar refractivity (Wildman–Crippen MR) is 126 cm³/mol. The SMILES string of the molecule is COc1ccc(C2=C(C)C(=O)N(Cc3ccc(C(=O)NC4CCCCC4)cc3)S2(=O)=O)cc1. The molecular weight excluding hydrogens is 440 g/mol. The van der Waals surface area contributed by atoms with Crippen LogP contribution < -0.4 is 10.1 Å². The van der Waals surface area contributed by atoms with Crippen molar-refractivity contribution in [1.82, 2.24) is 9.62 Å². The van der Waals surface area contributed by atoms with Crippen LogP contribution in [-0.4, -0.2) is 37.7 Å². The second kappa shape index (κ2) is 9.39. The quantitative estimate of drug-likeness (QED) is 0.695. The Balaban J connectivity index is 1.48. The Bertz CT molecular complexity index is 1180. The average molecular weight is 469 g/mol. The molecule has 0 spiro atoms. The van der Waals surface area contributed by atoms with Gasteiger partial charge in [0.05, 0.1) is 13.7 Å². The van der Waals surface area contributed by atoms with Crippen LogP contribution in [-0.2, 0) is 21.4 Å². The van der Waals surface area contributed by atoms with Crippen LogP contribution in [0, 0.1) is 0 Å². The maximum atomic E-state index is 13.2. The molecule has 2 aromatic carbocycles. The van der Waals surface area contributed by atoms with Crippen LogP contribution in [0.4, 0.5) is 0 Å². The van der Waals surface area contributed by atoms with E-state index in [1.54, 1.807) is 48.5 Å². The van der Waals surface area contributed by atoms with Crippen LogP contribution in [0.2, 0.25) is 0 Å². The van der Waals surface area contributed by atoms with Gasteiger partial charge in [-0.2, -0.15) is 0 Å². The molecular formula is C25H28N2O5S. The third-order valence-electron chi connectivity index (χ3n) is 6.27. The van der Waals surface area contributed by atoms with Gasteiger partial charge in [-0.1, -0.05) is 31.4 Å². The molecule has 1 saturated carbocycles. The number of nitrogens with zero attached hydrogens (tertiary/aromatic N) is 1. The Morgan fingerprint density at radius 1 is 1.03 bits per heavy atom. The summed E-state index contributed by atoms with van der Waals surface area (Å²) in [6.45, 7) is 1.43. The summed E-state index contributed by atoms with van der Waals surface area (Å²) >= 11 is 0. The number of carbonyl (C=O) groups is 2. The third kappa shape index (κ3) is 4.66. The zero-order valence-electron chi connectivity index (χ0n) is 18.8.